The van der Waals surface area contributed by atoms with Crippen LogP contribution in [0.15, 0.2) is 18.2 Å². The van der Waals surface area contributed by atoms with Gasteiger partial charge in [0, 0.05) is 18.8 Å². The maximum Gasteiger partial charge on any atom is 0.313 e. The second-order valence-electron chi connectivity index (χ2n) is 6.15. The molecule has 1 aliphatic rings. The molecule has 130 valence electrons. The number of carbonyl (C=O) groups excluding carboxylic acids is 3. The van der Waals surface area contributed by atoms with Crippen LogP contribution in [0.2, 0.25) is 0 Å². The molecule has 1 aromatic carbocycles. The fraction of sp³-hybridized carbons (Fsp3) is 0.500. The molecule has 0 bridgehead atoms. The Morgan fingerprint density at radius 2 is 1.71 bits per heavy atom. The first-order valence-corrected chi connectivity index (χ1v) is 8.26. The number of anilines is 1. The monoisotopic (exact) mass is 332 g/mol. The lowest BCUT2D eigenvalue weighted by Crippen LogP contribution is -2.45. The van der Waals surface area contributed by atoms with Crippen LogP contribution >= 0.6 is 0 Å². The van der Waals surface area contributed by atoms with Gasteiger partial charge in [-0.3, -0.25) is 14.4 Å². The normalized spacial score (nSPS) is 15.0. The number of nitrogens with one attached hydrogen (secondary N) is 1. The average molecular weight is 332 g/mol. The summed E-state index contributed by atoms with van der Waals surface area (Å²) in [5.74, 6) is -1.60. The van der Waals surface area contributed by atoms with E-state index in [-0.39, 0.29) is 11.9 Å². The molecule has 2 rings (SSSR count). The van der Waals surface area contributed by atoms with Crippen LogP contribution in [0.25, 0.3) is 0 Å². The van der Waals surface area contributed by atoms with Crippen molar-refractivity contribution >= 4 is 23.5 Å². The molecule has 0 saturated carbocycles. The minimum absolute atomic E-state index is 0.184. The lowest BCUT2D eigenvalue weighted by molar-refractivity contribution is -0.152. The van der Waals surface area contributed by atoms with Crippen molar-refractivity contribution in [3.63, 3.8) is 0 Å². The molecule has 1 saturated heterocycles. The highest BCUT2D eigenvalue weighted by Crippen LogP contribution is 2.19. The largest absolute Gasteiger partial charge is 0.466 e. The summed E-state index contributed by atoms with van der Waals surface area (Å²) < 4.78 is 5.00. The number of likely N-dealkylation sites (tertiary alicyclic amines) is 1. The van der Waals surface area contributed by atoms with Gasteiger partial charge in [-0.2, -0.15) is 0 Å². The third-order valence-electron chi connectivity index (χ3n) is 4.08. The third kappa shape index (κ3) is 4.57. The van der Waals surface area contributed by atoms with E-state index in [0.717, 1.165) is 11.1 Å². The highest BCUT2D eigenvalue weighted by Gasteiger charge is 2.30. The number of piperidine rings is 1. The quantitative estimate of drug-likeness (QED) is 0.679. The molecule has 6 nitrogen and oxygen atoms in total. The number of benzene rings is 1. The smallest absolute Gasteiger partial charge is 0.313 e. The van der Waals surface area contributed by atoms with Crippen molar-refractivity contribution in [3.8, 4) is 0 Å². The molecule has 0 aliphatic carbocycles. The molecule has 1 heterocycles. The minimum Gasteiger partial charge on any atom is -0.466 e. The Morgan fingerprint density at radius 3 is 2.25 bits per heavy atom. The second kappa shape index (κ2) is 7.95. The molecule has 0 aromatic heterocycles. The van der Waals surface area contributed by atoms with Crippen molar-refractivity contribution in [3.05, 3.63) is 29.3 Å². The predicted molar refractivity (Wildman–Crippen MR) is 90.5 cm³/mol. The van der Waals surface area contributed by atoms with Crippen LogP contribution < -0.4 is 5.32 Å². The number of aryl methyl sites for hydroxylation is 2. The molecule has 0 atom stereocenters. The van der Waals surface area contributed by atoms with E-state index in [2.05, 4.69) is 5.32 Å². The molecule has 2 amide bonds. The van der Waals surface area contributed by atoms with Crippen molar-refractivity contribution in [1.82, 2.24) is 4.90 Å². The number of amides is 2. The van der Waals surface area contributed by atoms with Crippen molar-refractivity contribution in [2.24, 2.45) is 5.92 Å². The lowest BCUT2D eigenvalue weighted by Gasteiger charge is -2.30. The van der Waals surface area contributed by atoms with E-state index in [1.807, 2.05) is 32.0 Å². The SMILES string of the molecule is CCOC(=O)C1CCN(C(=O)C(=O)Nc2cc(C)cc(C)c2)CC1. The van der Waals surface area contributed by atoms with Crippen LogP contribution in [-0.4, -0.2) is 42.4 Å². The van der Waals surface area contributed by atoms with Crippen molar-refractivity contribution in [2.45, 2.75) is 33.6 Å². The van der Waals surface area contributed by atoms with Gasteiger partial charge in [-0.15, -0.1) is 0 Å². The van der Waals surface area contributed by atoms with Gasteiger partial charge in [0.05, 0.1) is 12.5 Å². The molecule has 24 heavy (non-hydrogen) atoms. The summed E-state index contributed by atoms with van der Waals surface area (Å²) in [6.45, 7) is 6.78. The highest BCUT2D eigenvalue weighted by atomic mass is 16.5. The first kappa shape index (κ1) is 18.0. The summed E-state index contributed by atoms with van der Waals surface area (Å²) in [4.78, 5) is 37.6. The summed E-state index contributed by atoms with van der Waals surface area (Å²) >= 11 is 0. The van der Waals surface area contributed by atoms with Crippen LogP contribution in [-0.2, 0) is 19.1 Å². The Bertz CT molecular complexity index is 614. The van der Waals surface area contributed by atoms with Gasteiger partial charge in [-0.1, -0.05) is 6.07 Å². The fourth-order valence-electron chi connectivity index (χ4n) is 2.95. The molecule has 1 fully saturated rings. The van der Waals surface area contributed by atoms with Gasteiger partial charge >= 0.3 is 17.8 Å². The number of hydrogen-bond donors (Lipinski definition) is 1. The molecule has 1 aromatic rings. The van der Waals surface area contributed by atoms with Crippen LogP contribution in [0.1, 0.15) is 30.9 Å². The summed E-state index contributed by atoms with van der Waals surface area (Å²) in [6.07, 6.45) is 1.06. The Labute approximate surface area is 142 Å². The van der Waals surface area contributed by atoms with Crippen molar-refractivity contribution < 1.29 is 19.1 Å². The van der Waals surface area contributed by atoms with E-state index in [1.54, 1.807) is 6.92 Å². The van der Waals surface area contributed by atoms with Gasteiger partial charge in [-0.25, -0.2) is 0 Å². The number of carbonyl (C=O) groups is 3. The number of rotatable bonds is 3. The fourth-order valence-corrected chi connectivity index (χ4v) is 2.95. The van der Waals surface area contributed by atoms with E-state index < -0.39 is 11.8 Å². The van der Waals surface area contributed by atoms with Gasteiger partial charge < -0.3 is 15.0 Å². The summed E-state index contributed by atoms with van der Waals surface area (Å²) in [5, 5.41) is 2.65. The topological polar surface area (TPSA) is 75.7 Å². The van der Waals surface area contributed by atoms with Gasteiger partial charge in [0.15, 0.2) is 0 Å². The Balaban J connectivity index is 1.90. The molecule has 0 unspecified atom stereocenters. The molecule has 0 spiro atoms. The molecule has 0 radical (unpaired) electrons. The number of hydrogen-bond acceptors (Lipinski definition) is 4. The number of nitrogens with zero attached hydrogens (tertiary/aromatic N) is 1. The summed E-state index contributed by atoms with van der Waals surface area (Å²) in [5.41, 5.74) is 2.66. The zero-order valence-electron chi connectivity index (χ0n) is 14.4. The summed E-state index contributed by atoms with van der Waals surface area (Å²) in [7, 11) is 0. The maximum absolute atomic E-state index is 12.3. The van der Waals surface area contributed by atoms with Crippen molar-refractivity contribution in [1.29, 1.82) is 0 Å². The van der Waals surface area contributed by atoms with E-state index in [4.69, 9.17) is 4.74 Å². The second-order valence-corrected chi connectivity index (χ2v) is 6.15. The first-order chi connectivity index (χ1) is 11.4. The van der Waals surface area contributed by atoms with Crippen molar-refractivity contribution in [2.75, 3.05) is 25.0 Å². The van der Waals surface area contributed by atoms with Gasteiger partial charge in [0.1, 0.15) is 0 Å². The highest BCUT2D eigenvalue weighted by molar-refractivity contribution is 6.39. The van der Waals surface area contributed by atoms with Gasteiger partial charge in [0.25, 0.3) is 0 Å². The molecule has 1 N–H and O–H groups in total. The Morgan fingerprint density at radius 1 is 1.12 bits per heavy atom. The standard InChI is InChI=1S/C18H24N2O4/c1-4-24-18(23)14-5-7-20(8-6-14)17(22)16(21)19-15-10-12(2)9-13(3)11-15/h9-11,14H,4-8H2,1-3H3,(H,19,21). The van der Waals surface area contributed by atoms with Crippen LogP contribution in [0.3, 0.4) is 0 Å². The van der Waals surface area contributed by atoms with Gasteiger partial charge in [0.2, 0.25) is 0 Å². The van der Waals surface area contributed by atoms with Crippen LogP contribution in [0.4, 0.5) is 5.69 Å². The van der Waals surface area contributed by atoms with Crippen LogP contribution in [0, 0.1) is 19.8 Å². The van der Waals surface area contributed by atoms with Crippen LogP contribution in [0.5, 0.6) is 0 Å². The molecular weight excluding hydrogens is 308 g/mol. The Hall–Kier alpha value is -2.37. The average Bonchev–Trinajstić information content (AvgIpc) is 2.53. The third-order valence-corrected chi connectivity index (χ3v) is 4.08. The first-order valence-electron chi connectivity index (χ1n) is 8.26. The summed E-state index contributed by atoms with van der Waals surface area (Å²) in [6, 6.07) is 5.65. The maximum atomic E-state index is 12.3. The number of ether oxygens (including phenoxy) is 1. The Kier molecular flexibility index (Phi) is 5.95. The molecule has 1 aliphatic heterocycles. The molecule has 6 heteroatoms. The minimum atomic E-state index is -0.644. The van der Waals surface area contributed by atoms with E-state index >= 15 is 0 Å². The van der Waals surface area contributed by atoms with Gasteiger partial charge in [-0.05, 0) is 56.9 Å². The predicted octanol–water partition coefficient (Wildman–Crippen LogP) is 2.04. The van der Waals surface area contributed by atoms with E-state index in [0.29, 0.717) is 38.2 Å². The zero-order valence-corrected chi connectivity index (χ0v) is 14.4. The molecular formula is C18H24N2O4. The lowest BCUT2D eigenvalue weighted by atomic mass is 9.97. The number of esters is 1. The van der Waals surface area contributed by atoms with E-state index in [9.17, 15) is 14.4 Å². The zero-order chi connectivity index (χ0) is 17.7. The van der Waals surface area contributed by atoms with E-state index in [1.165, 1.54) is 4.90 Å².